The zero-order valence-electron chi connectivity index (χ0n) is 16.9. The van der Waals surface area contributed by atoms with Crippen LogP contribution in [0, 0.1) is 0 Å². The molecule has 6 heteroatoms. The van der Waals surface area contributed by atoms with Gasteiger partial charge in [0.25, 0.3) is 0 Å². The molecule has 0 radical (unpaired) electrons. The Balaban J connectivity index is 1.67. The van der Waals surface area contributed by atoms with Crippen molar-refractivity contribution in [3.05, 3.63) is 41.5 Å². The average molecular weight is 386 g/mol. The van der Waals surface area contributed by atoms with Gasteiger partial charge >= 0.3 is 5.97 Å². The van der Waals surface area contributed by atoms with Crippen molar-refractivity contribution in [2.24, 2.45) is 0 Å². The first kappa shape index (κ1) is 20.6. The minimum absolute atomic E-state index is 0.0371. The van der Waals surface area contributed by atoms with E-state index in [1.807, 2.05) is 6.07 Å². The molecule has 152 valence electrons. The second-order valence-corrected chi connectivity index (χ2v) is 8.22. The van der Waals surface area contributed by atoms with Gasteiger partial charge in [0.2, 0.25) is 5.91 Å². The summed E-state index contributed by atoms with van der Waals surface area (Å²) in [6.07, 6.45) is 4.26. The highest BCUT2D eigenvalue weighted by Gasteiger charge is 2.42. The molecule has 1 amide bonds. The summed E-state index contributed by atoms with van der Waals surface area (Å²) in [5.41, 5.74) is 2.48. The Bertz CT molecular complexity index is 734. The topological polar surface area (TPSA) is 64.1 Å². The van der Waals surface area contributed by atoms with Crippen LogP contribution in [-0.4, -0.2) is 83.5 Å². The van der Waals surface area contributed by atoms with Gasteiger partial charge < -0.3 is 10.0 Å². The van der Waals surface area contributed by atoms with Crippen molar-refractivity contribution in [3.8, 4) is 0 Å². The van der Waals surface area contributed by atoms with Gasteiger partial charge in [-0.05, 0) is 32.4 Å². The Labute approximate surface area is 167 Å². The minimum atomic E-state index is -0.940. The van der Waals surface area contributed by atoms with Crippen LogP contribution in [0.15, 0.2) is 35.9 Å². The summed E-state index contributed by atoms with van der Waals surface area (Å²) < 4.78 is 0. The van der Waals surface area contributed by atoms with E-state index in [0.29, 0.717) is 13.0 Å². The lowest BCUT2D eigenvalue weighted by Gasteiger charge is -2.49. The van der Waals surface area contributed by atoms with E-state index < -0.39 is 5.97 Å². The molecule has 1 atom stereocenters. The molecule has 1 aromatic rings. The summed E-state index contributed by atoms with van der Waals surface area (Å²) >= 11 is 0. The monoisotopic (exact) mass is 385 g/mol. The Morgan fingerprint density at radius 3 is 2.61 bits per heavy atom. The van der Waals surface area contributed by atoms with E-state index in [0.717, 1.165) is 39.0 Å². The van der Waals surface area contributed by atoms with Gasteiger partial charge in [0.05, 0.1) is 0 Å². The van der Waals surface area contributed by atoms with Crippen LogP contribution in [0.2, 0.25) is 0 Å². The van der Waals surface area contributed by atoms with Crippen molar-refractivity contribution in [1.29, 1.82) is 0 Å². The molecule has 0 aromatic heterocycles. The van der Waals surface area contributed by atoms with Gasteiger partial charge in [-0.3, -0.25) is 19.4 Å². The van der Waals surface area contributed by atoms with Gasteiger partial charge in [-0.1, -0.05) is 42.0 Å². The number of aliphatic carboxylic acids is 1. The number of carbonyl (C=O) groups is 2. The van der Waals surface area contributed by atoms with Crippen LogP contribution in [0.1, 0.15) is 31.7 Å². The molecule has 1 aromatic carbocycles. The number of carboxylic acids is 1. The number of likely N-dealkylation sites (N-methyl/N-ethyl adjacent to an activating group) is 1. The molecule has 28 heavy (non-hydrogen) atoms. The van der Waals surface area contributed by atoms with Crippen LogP contribution in [0.4, 0.5) is 0 Å². The molecule has 2 saturated heterocycles. The molecule has 0 bridgehead atoms. The van der Waals surface area contributed by atoms with Crippen molar-refractivity contribution >= 4 is 18.0 Å². The maximum atomic E-state index is 12.4. The van der Waals surface area contributed by atoms with Crippen LogP contribution in [0.3, 0.4) is 0 Å². The maximum Gasteiger partial charge on any atom is 0.323 e. The van der Waals surface area contributed by atoms with Crippen molar-refractivity contribution in [2.75, 3.05) is 46.3 Å². The van der Waals surface area contributed by atoms with E-state index in [1.54, 1.807) is 0 Å². The summed E-state index contributed by atoms with van der Waals surface area (Å²) in [5, 5.41) is 9.07. The van der Waals surface area contributed by atoms with Gasteiger partial charge in [-0.25, -0.2) is 0 Å². The highest BCUT2D eigenvalue weighted by Crippen LogP contribution is 2.32. The number of carboxylic acid groups (broad SMARTS) is 1. The Morgan fingerprint density at radius 2 is 1.89 bits per heavy atom. The molecule has 0 aliphatic carbocycles. The quantitative estimate of drug-likeness (QED) is 0.842. The fourth-order valence-corrected chi connectivity index (χ4v) is 4.47. The predicted octanol–water partition coefficient (Wildman–Crippen LogP) is 2.17. The lowest BCUT2D eigenvalue weighted by Crippen LogP contribution is -2.61. The van der Waals surface area contributed by atoms with Crippen LogP contribution in [0.5, 0.6) is 0 Å². The van der Waals surface area contributed by atoms with Crippen molar-refractivity contribution in [2.45, 2.75) is 31.7 Å². The number of carbonyl (C=O) groups excluding carboxylic acids is 1. The normalized spacial score (nSPS) is 25.1. The van der Waals surface area contributed by atoms with Gasteiger partial charge in [0.1, 0.15) is 6.54 Å². The second kappa shape index (κ2) is 8.88. The van der Waals surface area contributed by atoms with Crippen LogP contribution < -0.4 is 0 Å². The average Bonchev–Trinajstić information content (AvgIpc) is 2.80. The first-order valence-corrected chi connectivity index (χ1v) is 10.0. The first-order chi connectivity index (χ1) is 13.4. The lowest BCUT2D eigenvalue weighted by molar-refractivity contribution is -0.144. The second-order valence-electron chi connectivity index (χ2n) is 8.22. The molecule has 2 aliphatic rings. The SMILES string of the molecule is C/C(=C\c1ccccc1)CN1CCN(C)[C@]2(CCC(=O)N(CC(=O)O)CC2)C1. The molecule has 1 N–H and O–H groups in total. The van der Waals surface area contributed by atoms with Crippen molar-refractivity contribution < 1.29 is 14.7 Å². The molecular weight excluding hydrogens is 354 g/mol. The van der Waals surface area contributed by atoms with Crippen molar-refractivity contribution in [3.63, 3.8) is 0 Å². The Kier molecular flexibility index (Phi) is 6.52. The summed E-state index contributed by atoms with van der Waals surface area (Å²) in [6, 6.07) is 10.4. The Hall–Kier alpha value is -2.18. The summed E-state index contributed by atoms with van der Waals surface area (Å²) in [4.78, 5) is 29.8. The number of rotatable bonds is 5. The van der Waals surface area contributed by atoms with Crippen LogP contribution in [-0.2, 0) is 9.59 Å². The van der Waals surface area contributed by atoms with Gasteiger partial charge in [-0.2, -0.15) is 0 Å². The molecule has 0 saturated carbocycles. The van der Waals surface area contributed by atoms with Crippen LogP contribution >= 0.6 is 0 Å². The molecule has 0 unspecified atom stereocenters. The van der Waals surface area contributed by atoms with Gasteiger partial charge in [0, 0.05) is 44.7 Å². The fraction of sp³-hybridized carbons (Fsp3) is 0.545. The third-order valence-electron chi connectivity index (χ3n) is 6.10. The largest absolute Gasteiger partial charge is 0.480 e. The zero-order valence-corrected chi connectivity index (χ0v) is 16.9. The smallest absolute Gasteiger partial charge is 0.323 e. The Morgan fingerprint density at radius 1 is 1.14 bits per heavy atom. The van der Waals surface area contributed by atoms with Crippen LogP contribution in [0.25, 0.3) is 6.08 Å². The molecule has 1 spiro atoms. The molecule has 6 nitrogen and oxygen atoms in total. The molecule has 3 rings (SSSR count). The van der Waals surface area contributed by atoms with Gasteiger partial charge in [0.15, 0.2) is 0 Å². The predicted molar refractivity (Wildman–Crippen MR) is 110 cm³/mol. The summed E-state index contributed by atoms with van der Waals surface area (Å²) in [7, 11) is 2.14. The standard InChI is InChI=1S/C22H31N3O3/c1-18(14-19-6-4-3-5-7-19)15-24-13-12-23(2)22(17-24)9-8-20(26)25(11-10-22)16-21(27)28/h3-7,14H,8-13,15-17H2,1-2H3,(H,27,28)/b18-14+/t22-/m0/s1. The summed E-state index contributed by atoms with van der Waals surface area (Å²) in [5.74, 6) is -0.977. The number of piperazine rings is 1. The van der Waals surface area contributed by atoms with E-state index in [2.05, 4.69) is 54.1 Å². The number of likely N-dealkylation sites (tertiary alicyclic amines) is 1. The molecule has 2 fully saturated rings. The molecule has 2 heterocycles. The third kappa shape index (κ3) is 5.00. The number of amides is 1. The molecule has 2 aliphatic heterocycles. The van der Waals surface area contributed by atoms with E-state index in [1.165, 1.54) is 16.0 Å². The van der Waals surface area contributed by atoms with E-state index in [-0.39, 0.29) is 18.0 Å². The highest BCUT2D eigenvalue weighted by atomic mass is 16.4. The number of nitrogens with zero attached hydrogens (tertiary/aromatic N) is 3. The fourth-order valence-electron chi connectivity index (χ4n) is 4.47. The number of hydrogen-bond acceptors (Lipinski definition) is 4. The highest BCUT2D eigenvalue weighted by molar-refractivity contribution is 5.81. The summed E-state index contributed by atoms with van der Waals surface area (Å²) in [6.45, 7) is 6.29. The lowest BCUT2D eigenvalue weighted by atomic mass is 9.86. The van der Waals surface area contributed by atoms with E-state index in [9.17, 15) is 9.59 Å². The zero-order chi connectivity index (χ0) is 20.1. The van der Waals surface area contributed by atoms with Gasteiger partial charge in [-0.15, -0.1) is 0 Å². The van der Waals surface area contributed by atoms with E-state index >= 15 is 0 Å². The minimum Gasteiger partial charge on any atom is -0.480 e. The number of benzene rings is 1. The first-order valence-electron chi connectivity index (χ1n) is 10.0. The van der Waals surface area contributed by atoms with E-state index in [4.69, 9.17) is 5.11 Å². The number of hydrogen-bond donors (Lipinski definition) is 1. The molecular formula is C22H31N3O3. The third-order valence-corrected chi connectivity index (χ3v) is 6.10. The maximum absolute atomic E-state index is 12.4. The van der Waals surface area contributed by atoms with Crippen molar-refractivity contribution in [1.82, 2.24) is 14.7 Å².